The van der Waals surface area contributed by atoms with Gasteiger partial charge < -0.3 is 14.2 Å². The van der Waals surface area contributed by atoms with Crippen LogP contribution in [0.1, 0.15) is 27.9 Å². The molecule has 0 aliphatic carbocycles. The van der Waals surface area contributed by atoms with Crippen molar-refractivity contribution in [1.29, 1.82) is 0 Å². The summed E-state index contributed by atoms with van der Waals surface area (Å²) in [5.41, 5.74) is 2.42. The van der Waals surface area contributed by atoms with E-state index in [1.54, 1.807) is 18.2 Å². The van der Waals surface area contributed by atoms with Crippen LogP contribution in [0.5, 0.6) is 11.5 Å². The van der Waals surface area contributed by atoms with E-state index >= 15 is 0 Å². The second-order valence-electron chi connectivity index (χ2n) is 5.96. The molecule has 0 aromatic heterocycles. The van der Waals surface area contributed by atoms with Crippen molar-refractivity contribution in [2.24, 2.45) is 0 Å². The van der Waals surface area contributed by atoms with Crippen LogP contribution in [0.25, 0.3) is 0 Å². The maximum atomic E-state index is 12.2. The first-order valence-corrected chi connectivity index (χ1v) is 8.26. The minimum Gasteiger partial charge on any atom is -0.490 e. The van der Waals surface area contributed by atoms with E-state index in [0.717, 1.165) is 17.5 Å². The number of hydrogen-bond donors (Lipinski definition) is 0. The number of aryl methyl sites for hydroxylation is 1. The van der Waals surface area contributed by atoms with Gasteiger partial charge in [0, 0.05) is 12.0 Å². The lowest BCUT2D eigenvalue weighted by atomic mass is 10.1. The van der Waals surface area contributed by atoms with Crippen molar-refractivity contribution in [2.45, 2.75) is 19.8 Å². The molecule has 0 saturated carbocycles. The van der Waals surface area contributed by atoms with Crippen LogP contribution >= 0.6 is 0 Å². The Labute approximate surface area is 146 Å². The van der Waals surface area contributed by atoms with Crippen LogP contribution in [0.4, 0.5) is 0 Å². The van der Waals surface area contributed by atoms with E-state index in [9.17, 15) is 9.59 Å². The number of carbonyl (C=O) groups is 2. The average molecular weight is 340 g/mol. The number of benzene rings is 2. The Morgan fingerprint density at radius 2 is 1.72 bits per heavy atom. The fourth-order valence-corrected chi connectivity index (χ4v) is 2.49. The van der Waals surface area contributed by atoms with Crippen molar-refractivity contribution in [3.05, 3.63) is 59.2 Å². The SMILES string of the molecule is Cc1ccc(CC(=O)OCC(=O)c2ccc3c(c2)OCCCO3)cc1. The van der Waals surface area contributed by atoms with Crippen molar-refractivity contribution in [2.75, 3.05) is 19.8 Å². The molecule has 2 aromatic carbocycles. The molecule has 0 fully saturated rings. The van der Waals surface area contributed by atoms with Crippen LogP contribution in [0, 0.1) is 6.92 Å². The summed E-state index contributed by atoms with van der Waals surface area (Å²) < 4.78 is 16.2. The molecule has 1 aliphatic rings. The summed E-state index contributed by atoms with van der Waals surface area (Å²) in [5.74, 6) is 0.485. The fourth-order valence-electron chi connectivity index (χ4n) is 2.49. The summed E-state index contributed by atoms with van der Waals surface area (Å²) in [4.78, 5) is 24.1. The van der Waals surface area contributed by atoms with E-state index in [1.165, 1.54) is 0 Å². The minimum absolute atomic E-state index is 0.148. The first-order valence-electron chi connectivity index (χ1n) is 8.26. The minimum atomic E-state index is -0.424. The number of Topliss-reactive ketones (excluding diaryl/α,β-unsaturated/α-hetero) is 1. The van der Waals surface area contributed by atoms with Gasteiger partial charge >= 0.3 is 5.97 Å². The largest absolute Gasteiger partial charge is 0.490 e. The summed E-state index contributed by atoms with van der Waals surface area (Å²) in [6.45, 7) is 2.84. The molecule has 0 amide bonds. The molecule has 25 heavy (non-hydrogen) atoms. The lowest BCUT2D eigenvalue weighted by Crippen LogP contribution is -2.15. The Morgan fingerprint density at radius 3 is 2.48 bits per heavy atom. The molecule has 0 N–H and O–H groups in total. The third-order valence-corrected chi connectivity index (χ3v) is 3.90. The summed E-state index contributed by atoms with van der Waals surface area (Å²) >= 11 is 0. The van der Waals surface area contributed by atoms with Gasteiger partial charge in [-0.15, -0.1) is 0 Å². The number of rotatable bonds is 5. The Hall–Kier alpha value is -2.82. The Bertz CT molecular complexity index is 764. The van der Waals surface area contributed by atoms with Crippen LogP contribution in [0.2, 0.25) is 0 Å². The molecule has 5 heteroatoms. The van der Waals surface area contributed by atoms with Gasteiger partial charge in [0.1, 0.15) is 0 Å². The van der Waals surface area contributed by atoms with Gasteiger partial charge in [-0.25, -0.2) is 0 Å². The van der Waals surface area contributed by atoms with Gasteiger partial charge in [-0.2, -0.15) is 0 Å². The molecule has 2 aromatic rings. The van der Waals surface area contributed by atoms with Crippen LogP contribution < -0.4 is 9.47 Å². The average Bonchev–Trinajstić information content (AvgIpc) is 2.86. The Kier molecular flexibility index (Phi) is 5.33. The molecule has 0 atom stereocenters. The zero-order chi connectivity index (χ0) is 17.6. The third kappa shape index (κ3) is 4.59. The fraction of sp³-hybridized carbons (Fsp3) is 0.300. The highest BCUT2D eigenvalue weighted by Gasteiger charge is 2.15. The number of fused-ring (bicyclic) bond motifs is 1. The molecule has 130 valence electrons. The normalized spacial score (nSPS) is 13.0. The predicted octanol–water partition coefficient (Wildman–Crippen LogP) is 3.12. The standard InChI is InChI=1S/C20H20O5/c1-14-3-5-15(6-4-14)11-20(22)25-13-17(21)16-7-8-18-19(12-16)24-10-2-9-23-18/h3-8,12H,2,9-11,13H2,1H3. The highest BCUT2D eigenvalue weighted by molar-refractivity contribution is 5.98. The lowest BCUT2D eigenvalue weighted by molar-refractivity contribution is -0.141. The second-order valence-corrected chi connectivity index (χ2v) is 5.96. The first-order chi connectivity index (χ1) is 12.1. The van der Waals surface area contributed by atoms with Crippen LogP contribution in [0.3, 0.4) is 0 Å². The Balaban J connectivity index is 1.56. The molecule has 1 aliphatic heterocycles. The Morgan fingerprint density at radius 1 is 1.00 bits per heavy atom. The van der Waals surface area contributed by atoms with E-state index in [2.05, 4.69) is 0 Å². The van der Waals surface area contributed by atoms with E-state index < -0.39 is 5.97 Å². The van der Waals surface area contributed by atoms with Gasteiger partial charge in [0.15, 0.2) is 23.9 Å². The van der Waals surface area contributed by atoms with Crippen LogP contribution in [0.15, 0.2) is 42.5 Å². The number of ketones is 1. The summed E-state index contributed by atoms with van der Waals surface area (Å²) in [6, 6.07) is 12.6. The maximum absolute atomic E-state index is 12.2. The predicted molar refractivity (Wildman–Crippen MR) is 92.2 cm³/mol. The molecule has 3 rings (SSSR count). The second kappa shape index (κ2) is 7.83. The molecular weight excluding hydrogens is 320 g/mol. The molecule has 0 radical (unpaired) electrons. The van der Waals surface area contributed by atoms with Gasteiger partial charge in [0.25, 0.3) is 0 Å². The lowest BCUT2D eigenvalue weighted by Gasteiger charge is -2.09. The van der Waals surface area contributed by atoms with Gasteiger partial charge in [-0.1, -0.05) is 29.8 Å². The molecule has 1 heterocycles. The molecule has 0 bridgehead atoms. The number of hydrogen-bond acceptors (Lipinski definition) is 5. The number of esters is 1. The smallest absolute Gasteiger partial charge is 0.310 e. The first kappa shape index (κ1) is 17.0. The quantitative estimate of drug-likeness (QED) is 0.618. The summed E-state index contributed by atoms with van der Waals surface area (Å²) in [6.07, 6.45) is 0.948. The van der Waals surface area contributed by atoms with Crippen molar-refractivity contribution < 1.29 is 23.8 Å². The monoisotopic (exact) mass is 340 g/mol. The highest BCUT2D eigenvalue weighted by atomic mass is 16.5. The van der Waals surface area contributed by atoms with Crippen LogP contribution in [-0.4, -0.2) is 31.6 Å². The summed E-state index contributed by atoms with van der Waals surface area (Å²) in [7, 11) is 0. The van der Waals surface area contributed by atoms with Gasteiger partial charge in [0.2, 0.25) is 0 Å². The van der Waals surface area contributed by atoms with Gasteiger partial charge in [-0.05, 0) is 30.7 Å². The zero-order valence-electron chi connectivity index (χ0n) is 14.1. The topological polar surface area (TPSA) is 61.8 Å². The molecule has 0 saturated heterocycles. The van der Waals surface area contributed by atoms with Crippen molar-refractivity contribution in [3.8, 4) is 11.5 Å². The third-order valence-electron chi connectivity index (χ3n) is 3.90. The molecule has 0 unspecified atom stereocenters. The number of carbonyl (C=O) groups excluding carboxylic acids is 2. The van der Waals surface area contributed by atoms with E-state index in [0.29, 0.717) is 30.3 Å². The molecular formula is C20H20O5. The van der Waals surface area contributed by atoms with E-state index in [4.69, 9.17) is 14.2 Å². The maximum Gasteiger partial charge on any atom is 0.310 e. The van der Waals surface area contributed by atoms with Gasteiger partial charge in [-0.3, -0.25) is 9.59 Å². The number of ether oxygens (including phenoxy) is 3. The van der Waals surface area contributed by atoms with E-state index in [-0.39, 0.29) is 18.8 Å². The van der Waals surface area contributed by atoms with Crippen molar-refractivity contribution in [1.82, 2.24) is 0 Å². The van der Waals surface area contributed by atoms with E-state index in [1.807, 2.05) is 31.2 Å². The summed E-state index contributed by atoms with van der Waals surface area (Å²) in [5, 5.41) is 0. The molecule has 5 nitrogen and oxygen atoms in total. The van der Waals surface area contributed by atoms with Crippen molar-refractivity contribution >= 4 is 11.8 Å². The highest BCUT2D eigenvalue weighted by Crippen LogP contribution is 2.30. The van der Waals surface area contributed by atoms with Crippen LogP contribution in [-0.2, 0) is 16.0 Å². The van der Waals surface area contributed by atoms with Crippen molar-refractivity contribution in [3.63, 3.8) is 0 Å². The molecule has 0 spiro atoms. The zero-order valence-corrected chi connectivity index (χ0v) is 14.1. The van der Waals surface area contributed by atoms with Gasteiger partial charge in [0.05, 0.1) is 19.6 Å².